The predicted octanol–water partition coefficient (Wildman–Crippen LogP) is 2.28. The van der Waals surface area contributed by atoms with Crippen molar-refractivity contribution in [2.45, 2.75) is 27.2 Å². The average Bonchev–Trinajstić information content (AvgIpc) is 1.82. The first kappa shape index (κ1) is 12.5. The summed E-state index contributed by atoms with van der Waals surface area (Å²) in [6.07, 6.45) is -0.849. The Balaban J connectivity index is 0. The lowest BCUT2D eigenvalue weighted by Gasteiger charge is -1.83. The zero-order valence-corrected chi connectivity index (χ0v) is 7.09. The molecule has 0 heterocycles. The summed E-state index contributed by atoms with van der Waals surface area (Å²) < 4.78 is 0. The van der Waals surface area contributed by atoms with E-state index >= 15 is 0 Å². The molecule has 0 saturated carbocycles. The van der Waals surface area contributed by atoms with E-state index in [1.54, 1.807) is 0 Å². The van der Waals surface area contributed by atoms with Crippen LogP contribution in [0, 0.1) is 17.8 Å². The second-order valence-corrected chi connectivity index (χ2v) is 2.11. The van der Waals surface area contributed by atoms with Crippen LogP contribution in [-0.4, -0.2) is 16.4 Å². The molecule has 0 aromatic carbocycles. The number of rotatable bonds is 0. The predicted molar refractivity (Wildman–Crippen MR) is 43.6 cm³/mol. The van der Waals surface area contributed by atoms with Crippen LogP contribution in [0.4, 0.5) is 4.79 Å². The zero-order valence-electron chi connectivity index (χ0n) is 7.09. The smallest absolute Gasteiger partial charge is 0.450 e. The monoisotopic (exact) mass is 158 g/mol. The van der Waals surface area contributed by atoms with Gasteiger partial charge in [-0.15, -0.1) is 11.8 Å². The van der Waals surface area contributed by atoms with Crippen molar-refractivity contribution in [1.29, 1.82) is 0 Å². The topological polar surface area (TPSA) is 57.5 Å². The Bertz CT molecular complexity index is 146. The number of carbonyl (C=O) groups is 1. The Morgan fingerprint density at radius 3 is 1.91 bits per heavy atom. The largest absolute Gasteiger partial charge is 0.503 e. The van der Waals surface area contributed by atoms with Crippen LogP contribution in [0.25, 0.3) is 0 Å². The van der Waals surface area contributed by atoms with Crippen molar-refractivity contribution in [2.75, 3.05) is 0 Å². The molecule has 3 nitrogen and oxygen atoms in total. The highest BCUT2D eigenvalue weighted by molar-refractivity contribution is 5.53. The molecule has 11 heavy (non-hydrogen) atoms. The van der Waals surface area contributed by atoms with Crippen LogP contribution >= 0.6 is 0 Å². The molecule has 0 aliphatic carbocycles. The van der Waals surface area contributed by atoms with Crippen LogP contribution in [0.3, 0.4) is 0 Å². The van der Waals surface area contributed by atoms with E-state index in [0.29, 0.717) is 5.92 Å². The van der Waals surface area contributed by atoms with Crippen molar-refractivity contribution in [3.63, 3.8) is 0 Å². The van der Waals surface area contributed by atoms with E-state index in [-0.39, 0.29) is 0 Å². The maximum Gasteiger partial charge on any atom is 0.503 e. The summed E-state index contributed by atoms with van der Waals surface area (Å²) in [6, 6.07) is 0. The molecule has 0 bridgehead atoms. The van der Waals surface area contributed by atoms with Crippen LogP contribution in [0.2, 0.25) is 0 Å². The summed E-state index contributed by atoms with van der Waals surface area (Å²) in [4.78, 5) is 8.56. The molecular weight excluding hydrogens is 144 g/mol. The molecule has 64 valence electrons. The van der Waals surface area contributed by atoms with Gasteiger partial charge >= 0.3 is 6.16 Å². The first-order valence-corrected chi connectivity index (χ1v) is 3.41. The fourth-order valence-electron chi connectivity index (χ4n) is 0.306. The third kappa shape index (κ3) is 51.4. The summed E-state index contributed by atoms with van der Waals surface area (Å²) in [5, 5.41) is 13.9. The van der Waals surface area contributed by atoms with Crippen LogP contribution < -0.4 is 0 Å². The maximum absolute atomic E-state index is 8.56. The zero-order chi connectivity index (χ0) is 9.28. The molecule has 0 saturated heterocycles. The minimum atomic E-state index is -1.83. The first-order chi connectivity index (χ1) is 5.00. The van der Waals surface area contributed by atoms with Gasteiger partial charge in [-0.2, -0.15) is 0 Å². The minimum Gasteiger partial charge on any atom is -0.450 e. The summed E-state index contributed by atoms with van der Waals surface area (Å²) in [7, 11) is 0. The van der Waals surface area contributed by atoms with Gasteiger partial charge in [0.25, 0.3) is 0 Å². The van der Waals surface area contributed by atoms with Crippen molar-refractivity contribution in [3.05, 3.63) is 0 Å². The van der Waals surface area contributed by atoms with Crippen molar-refractivity contribution >= 4 is 6.16 Å². The third-order valence-electron chi connectivity index (χ3n) is 0.568. The Kier molecular flexibility index (Phi) is 10.0. The lowest BCUT2D eigenvalue weighted by molar-refractivity contribution is 0.137. The average molecular weight is 158 g/mol. The van der Waals surface area contributed by atoms with Gasteiger partial charge in [0.2, 0.25) is 0 Å². The molecule has 0 atom stereocenters. The Morgan fingerprint density at radius 2 is 1.82 bits per heavy atom. The highest BCUT2D eigenvalue weighted by atomic mass is 16.6. The Labute approximate surface area is 67.0 Å². The van der Waals surface area contributed by atoms with Crippen molar-refractivity contribution < 1.29 is 15.0 Å². The summed E-state index contributed by atoms with van der Waals surface area (Å²) in [5.74, 6) is 6.58. The third-order valence-corrected chi connectivity index (χ3v) is 0.568. The molecule has 0 radical (unpaired) electrons. The van der Waals surface area contributed by atoms with Crippen molar-refractivity contribution in [2.24, 2.45) is 5.92 Å². The molecular formula is C8H14O3. The van der Waals surface area contributed by atoms with Gasteiger partial charge in [-0.1, -0.05) is 20.8 Å². The minimum absolute atomic E-state index is 0.542. The second kappa shape index (κ2) is 8.83. The molecule has 0 rings (SSSR count). The van der Waals surface area contributed by atoms with Crippen molar-refractivity contribution in [1.82, 2.24) is 0 Å². The van der Waals surface area contributed by atoms with Gasteiger partial charge in [0, 0.05) is 12.3 Å². The fourth-order valence-corrected chi connectivity index (χ4v) is 0.306. The molecule has 2 N–H and O–H groups in total. The maximum atomic E-state index is 8.56. The van der Waals surface area contributed by atoms with Gasteiger partial charge in [-0.05, 0) is 0 Å². The van der Waals surface area contributed by atoms with Gasteiger partial charge in [-0.3, -0.25) is 0 Å². The Morgan fingerprint density at radius 1 is 1.45 bits per heavy atom. The fraction of sp³-hybridized carbons (Fsp3) is 0.625. The van der Waals surface area contributed by atoms with E-state index in [4.69, 9.17) is 15.0 Å². The molecule has 0 amide bonds. The van der Waals surface area contributed by atoms with E-state index < -0.39 is 6.16 Å². The number of hydrogen-bond acceptors (Lipinski definition) is 1. The summed E-state index contributed by atoms with van der Waals surface area (Å²) in [6.45, 7) is 6.26. The standard InChI is InChI=1S/C7H12.CH2O3/c1-4-5-6-7(2)3;2-1(3)4/h7H,4H2,1-3H3;(H2,2,3,4). The lowest BCUT2D eigenvalue weighted by Crippen LogP contribution is -1.81. The van der Waals surface area contributed by atoms with Crippen LogP contribution in [0.15, 0.2) is 0 Å². The lowest BCUT2D eigenvalue weighted by atomic mass is 10.2. The molecule has 0 aliphatic rings. The van der Waals surface area contributed by atoms with E-state index in [1.165, 1.54) is 0 Å². The number of hydrogen-bond donors (Lipinski definition) is 2. The second-order valence-electron chi connectivity index (χ2n) is 2.11. The van der Waals surface area contributed by atoms with E-state index in [0.717, 1.165) is 6.42 Å². The highest BCUT2D eigenvalue weighted by Crippen LogP contribution is 1.85. The SMILES string of the molecule is CCC#CC(C)C.O=C(O)O. The Hall–Kier alpha value is -1.17. The first-order valence-electron chi connectivity index (χ1n) is 3.41. The van der Waals surface area contributed by atoms with Crippen LogP contribution in [-0.2, 0) is 0 Å². The van der Waals surface area contributed by atoms with Gasteiger partial charge in [0.15, 0.2) is 0 Å². The highest BCUT2D eigenvalue weighted by Gasteiger charge is 1.77. The summed E-state index contributed by atoms with van der Waals surface area (Å²) >= 11 is 0. The quantitative estimate of drug-likeness (QED) is 0.532. The molecule has 0 unspecified atom stereocenters. The normalized spacial score (nSPS) is 7.27. The van der Waals surface area contributed by atoms with Crippen molar-refractivity contribution in [3.8, 4) is 11.8 Å². The molecule has 0 aromatic rings. The van der Waals surface area contributed by atoms with Gasteiger partial charge in [0.1, 0.15) is 0 Å². The molecule has 0 fully saturated rings. The van der Waals surface area contributed by atoms with E-state index in [1.807, 2.05) is 0 Å². The molecule has 0 spiro atoms. The summed E-state index contributed by atoms with van der Waals surface area (Å²) in [5.41, 5.74) is 0. The van der Waals surface area contributed by atoms with Crippen LogP contribution in [0.1, 0.15) is 27.2 Å². The van der Waals surface area contributed by atoms with Crippen LogP contribution in [0.5, 0.6) is 0 Å². The molecule has 0 aliphatic heterocycles. The van der Waals surface area contributed by atoms with Gasteiger partial charge < -0.3 is 10.2 Å². The van der Waals surface area contributed by atoms with E-state index in [2.05, 4.69) is 32.6 Å². The molecule has 0 aromatic heterocycles. The molecule has 3 heteroatoms. The van der Waals surface area contributed by atoms with E-state index in [9.17, 15) is 0 Å². The number of carboxylic acid groups (broad SMARTS) is 2. The van der Waals surface area contributed by atoms with Gasteiger partial charge in [-0.25, -0.2) is 4.79 Å². The van der Waals surface area contributed by atoms with Gasteiger partial charge in [0.05, 0.1) is 0 Å².